The van der Waals surface area contributed by atoms with Crippen molar-refractivity contribution in [2.75, 3.05) is 33.3 Å². The number of piperidine rings is 1. The Balaban J connectivity index is 1.73. The van der Waals surface area contributed by atoms with E-state index in [-0.39, 0.29) is 24.6 Å². The van der Waals surface area contributed by atoms with Gasteiger partial charge in [0, 0.05) is 24.7 Å². The number of hydrogen-bond donors (Lipinski definition) is 2. The predicted molar refractivity (Wildman–Crippen MR) is 96.7 cm³/mol. The lowest BCUT2D eigenvalue weighted by atomic mass is 10.1. The van der Waals surface area contributed by atoms with Crippen LogP contribution in [-0.4, -0.2) is 56.2 Å². The fourth-order valence-electron chi connectivity index (χ4n) is 3.20. The number of carbonyl (C=O) groups excluding carboxylic acids is 2. The third kappa shape index (κ3) is 6.70. The quantitative estimate of drug-likeness (QED) is 0.757. The molecule has 0 spiro atoms. The van der Waals surface area contributed by atoms with Gasteiger partial charge in [-0.2, -0.15) is 13.2 Å². The Morgan fingerprint density at radius 1 is 1.21 bits per heavy atom. The molecule has 0 saturated carbocycles. The minimum atomic E-state index is -4.35. The van der Waals surface area contributed by atoms with Crippen LogP contribution in [0.3, 0.4) is 0 Å². The second kappa shape index (κ2) is 9.77. The number of nitrogens with one attached hydrogen (secondary N) is 2. The van der Waals surface area contributed by atoms with Gasteiger partial charge in [-0.3, -0.25) is 4.79 Å². The normalized spacial score (nSPS) is 16.5. The van der Waals surface area contributed by atoms with E-state index >= 15 is 0 Å². The largest absolute Gasteiger partial charge is 0.450 e. The van der Waals surface area contributed by atoms with Crippen molar-refractivity contribution in [2.24, 2.45) is 0 Å². The summed E-state index contributed by atoms with van der Waals surface area (Å²) in [5.74, 6) is -0.112. The molecule has 1 aliphatic heterocycles. The molecule has 1 saturated heterocycles. The van der Waals surface area contributed by atoms with Crippen LogP contribution in [0.2, 0.25) is 0 Å². The molecule has 0 radical (unpaired) electrons. The number of benzene rings is 1. The van der Waals surface area contributed by atoms with E-state index in [0.29, 0.717) is 39.1 Å². The average molecular weight is 402 g/mol. The zero-order chi connectivity index (χ0) is 20.7. The van der Waals surface area contributed by atoms with Crippen molar-refractivity contribution in [1.29, 1.82) is 0 Å². The molecule has 2 amide bonds. The van der Waals surface area contributed by atoms with Crippen LogP contribution in [0.4, 0.5) is 18.0 Å². The lowest BCUT2D eigenvalue weighted by Crippen LogP contribution is -3.09. The molecule has 1 aromatic carbocycles. The molecule has 2 N–H and O–H groups in total. The van der Waals surface area contributed by atoms with Gasteiger partial charge in [-0.05, 0) is 31.9 Å². The maximum atomic E-state index is 12.6. The van der Waals surface area contributed by atoms with Crippen LogP contribution in [0.25, 0.3) is 0 Å². The topological polar surface area (TPSA) is 63.1 Å². The fraction of sp³-hybridized carbons (Fsp3) is 0.579. The number of rotatable bonds is 6. The van der Waals surface area contributed by atoms with Crippen LogP contribution in [-0.2, 0) is 22.3 Å². The average Bonchev–Trinajstić information content (AvgIpc) is 2.62. The highest BCUT2D eigenvalue weighted by molar-refractivity contribution is 5.77. The molecule has 2 rings (SSSR count). The lowest BCUT2D eigenvalue weighted by Gasteiger charge is -2.31. The number of nitrogens with zero attached hydrogens (tertiary/aromatic N) is 1. The van der Waals surface area contributed by atoms with Crippen molar-refractivity contribution < 1.29 is 32.4 Å². The van der Waals surface area contributed by atoms with Crippen LogP contribution in [0.15, 0.2) is 24.3 Å². The van der Waals surface area contributed by atoms with Gasteiger partial charge in [-0.15, -0.1) is 0 Å². The van der Waals surface area contributed by atoms with E-state index in [1.807, 2.05) is 7.05 Å². The molecular formula is C19H27F3N3O3+. The minimum Gasteiger partial charge on any atom is -0.450 e. The molecule has 1 unspecified atom stereocenters. The van der Waals surface area contributed by atoms with Crippen LogP contribution < -0.4 is 10.2 Å². The first-order valence-corrected chi connectivity index (χ1v) is 9.37. The van der Waals surface area contributed by atoms with Crippen molar-refractivity contribution in [3.63, 3.8) is 0 Å². The van der Waals surface area contributed by atoms with Crippen molar-refractivity contribution >= 4 is 12.0 Å². The SMILES string of the molecule is CCOC(=O)N1CCC(NC(=O)C[NH+](C)Cc2ccc(C(F)(F)F)cc2)CC1. The van der Waals surface area contributed by atoms with Crippen LogP contribution in [0.1, 0.15) is 30.9 Å². The van der Waals surface area contributed by atoms with Crippen LogP contribution in [0.5, 0.6) is 0 Å². The van der Waals surface area contributed by atoms with E-state index in [2.05, 4.69) is 5.32 Å². The molecule has 156 valence electrons. The zero-order valence-corrected chi connectivity index (χ0v) is 16.1. The highest BCUT2D eigenvalue weighted by Gasteiger charge is 2.30. The Kier molecular flexibility index (Phi) is 7.68. The van der Waals surface area contributed by atoms with Crippen LogP contribution in [0, 0.1) is 0 Å². The maximum absolute atomic E-state index is 12.6. The molecule has 1 aliphatic rings. The summed E-state index contributed by atoms with van der Waals surface area (Å²) in [7, 11) is 1.82. The van der Waals surface area contributed by atoms with Gasteiger partial charge in [0.2, 0.25) is 0 Å². The minimum absolute atomic E-state index is 0.0112. The fourth-order valence-corrected chi connectivity index (χ4v) is 3.20. The number of alkyl halides is 3. The maximum Gasteiger partial charge on any atom is 0.416 e. The van der Waals surface area contributed by atoms with Gasteiger partial charge in [-0.1, -0.05) is 12.1 Å². The smallest absolute Gasteiger partial charge is 0.416 e. The summed E-state index contributed by atoms with van der Waals surface area (Å²) in [4.78, 5) is 26.4. The summed E-state index contributed by atoms with van der Waals surface area (Å²) in [6.07, 6.45) is -3.33. The number of ether oxygens (including phenoxy) is 1. The number of likely N-dealkylation sites (N-methyl/N-ethyl adjacent to an activating group) is 1. The molecule has 28 heavy (non-hydrogen) atoms. The summed E-state index contributed by atoms with van der Waals surface area (Å²) in [5, 5.41) is 2.97. The van der Waals surface area contributed by atoms with E-state index in [1.165, 1.54) is 12.1 Å². The van der Waals surface area contributed by atoms with Gasteiger partial charge in [0.1, 0.15) is 6.54 Å². The molecule has 6 nitrogen and oxygen atoms in total. The van der Waals surface area contributed by atoms with E-state index in [1.54, 1.807) is 11.8 Å². The molecule has 0 aromatic heterocycles. The number of quaternary nitrogens is 1. The van der Waals surface area contributed by atoms with Crippen molar-refractivity contribution in [3.8, 4) is 0 Å². The Labute approximate surface area is 162 Å². The number of halogens is 3. The third-order valence-electron chi connectivity index (χ3n) is 4.64. The number of amides is 2. The van der Waals surface area contributed by atoms with Gasteiger partial charge < -0.3 is 19.9 Å². The van der Waals surface area contributed by atoms with Gasteiger partial charge in [0.15, 0.2) is 6.54 Å². The van der Waals surface area contributed by atoms with E-state index < -0.39 is 11.7 Å². The molecule has 0 aliphatic carbocycles. The summed E-state index contributed by atoms with van der Waals surface area (Å²) >= 11 is 0. The first-order chi connectivity index (χ1) is 13.2. The molecule has 1 fully saturated rings. The predicted octanol–water partition coefficient (Wildman–Crippen LogP) is 1.46. The molecule has 0 bridgehead atoms. The Bertz CT molecular complexity index is 657. The Hall–Kier alpha value is -2.29. The van der Waals surface area contributed by atoms with Crippen molar-refractivity contribution in [2.45, 2.75) is 38.5 Å². The van der Waals surface area contributed by atoms with Gasteiger partial charge in [0.05, 0.1) is 19.2 Å². The van der Waals surface area contributed by atoms with Gasteiger partial charge in [0.25, 0.3) is 5.91 Å². The monoisotopic (exact) mass is 402 g/mol. The Morgan fingerprint density at radius 3 is 2.36 bits per heavy atom. The molecule has 1 aromatic rings. The zero-order valence-electron chi connectivity index (χ0n) is 16.1. The second-order valence-electron chi connectivity index (χ2n) is 7.03. The van der Waals surface area contributed by atoms with E-state index in [9.17, 15) is 22.8 Å². The van der Waals surface area contributed by atoms with Gasteiger partial charge in [-0.25, -0.2) is 4.79 Å². The van der Waals surface area contributed by atoms with Crippen LogP contribution >= 0.6 is 0 Å². The van der Waals surface area contributed by atoms with E-state index in [0.717, 1.165) is 22.6 Å². The third-order valence-corrected chi connectivity index (χ3v) is 4.64. The summed E-state index contributed by atoms with van der Waals surface area (Å²) < 4.78 is 42.8. The highest BCUT2D eigenvalue weighted by atomic mass is 19.4. The van der Waals surface area contributed by atoms with Crippen molar-refractivity contribution in [3.05, 3.63) is 35.4 Å². The van der Waals surface area contributed by atoms with Crippen molar-refractivity contribution in [1.82, 2.24) is 10.2 Å². The molecule has 1 atom stereocenters. The summed E-state index contributed by atoms with van der Waals surface area (Å²) in [5.41, 5.74) is 0.0573. The number of carbonyl (C=O) groups is 2. The highest BCUT2D eigenvalue weighted by Crippen LogP contribution is 2.28. The van der Waals surface area contributed by atoms with E-state index in [4.69, 9.17) is 4.74 Å². The lowest BCUT2D eigenvalue weighted by molar-refractivity contribution is -0.885. The van der Waals surface area contributed by atoms with Gasteiger partial charge >= 0.3 is 12.3 Å². The molecule has 9 heteroatoms. The molecule has 1 heterocycles. The first-order valence-electron chi connectivity index (χ1n) is 9.37. The number of hydrogen-bond acceptors (Lipinski definition) is 3. The summed E-state index contributed by atoms with van der Waals surface area (Å²) in [6, 6.07) is 5.00. The second-order valence-corrected chi connectivity index (χ2v) is 7.03. The summed E-state index contributed by atoms with van der Waals surface area (Å²) in [6.45, 7) is 3.85. The first kappa shape index (κ1) is 22.0. The molecular weight excluding hydrogens is 375 g/mol. The standard InChI is InChI=1S/C19H26F3N3O3/c1-3-28-18(27)25-10-8-16(9-11-25)23-17(26)13-24(2)12-14-4-6-15(7-5-14)19(20,21)22/h4-7,16H,3,8-13H2,1-2H3,(H,23,26)/p+1. The Morgan fingerprint density at radius 2 is 1.82 bits per heavy atom. The number of likely N-dealkylation sites (tertiary alicyclic amines) is 1.